The van der Waals surface area contributed by atoms with Crippen LogP contribution in [0.2, 0.25) is 0 Å². The van der Waals surface area contributed by atoms with Crippen LogP contribution in [0.15, 0.2) is 24.3 Å². The van der Waals surface area contributed by atoms with E-state index < -0.39 is 0 Å². The highest BCUT2D eigenvalue weighted by atomic mass is 19.1. The monoisotopic (exact) mass is 275 g/mol. The first-order valence-electron chi connectivity index (χ1n) is 7.74. The first kappa shape index (κ1) is 13.7. The van der Waals surface area contributed by atoms with Gasteiger partial charge in [-0.25, -0.2) is 4.39 Å². The minimum absolute atomic E-state index is 0.192. The van der Waals surface area contributed by atoms with E-state index in [2.05, 4.69) is 5.32 Å². The van der Waals surface area contributed by atoms with Crippen molar-refractivity contribution in [1.29, 1.82) is 0 Å². The molecule has 2 atom stereocenters. The van der Waals surface area contributed by atoms with Crippen molar-refractivity contribution in [3.05, 3.63) is 35.6 Å². The van der Waals surface area contributed by atoms with E-state index in [1.165, 1.54) is 25.3 Å². The summed E-state index contributed by atoms with van der Waals surface area (Å²) in [5, 5.41) is 3.61. The van der Waals surface area contributed by atoms with Crippen molar-refractivity contribution in [2.24, 2.45) is 5.92 Å². The van der Waals surface area contributed by atoms with E-state index in [4.69, 9.17) is 0 Å². The second kappa shape index (κ2) is 6.04. The molecule has 1 N–H and O–H groups in total. The fourth-order valence-corrected chi connectivity index (χ4v) is 3.69. The third kappa shape index (κ3) is 3.09. The number of hydrogen-bond acceptors (Lipinski definition) is 2. The Morgan fingerprint density at radius 2 is 1.90 bits per heavy atom. The maximum atomic E-state index is 13.5. The number of nitrogens with one attached hydrogen (secondary N) is 1. The number of hydrogen-bond donors (Lipinski definition) is 1. The van der Waals surface area contributed by atoms with E-state index in [0.29, 0.717) is 36.3 Å². The Hall–Kier alpha value is -1.22. The molecule has 1 aromatic carbocycles. The quantitative estimate of drug-likeness (QED) is 0.914. The van der Waals surface area contributed by atoms with Crippen LogP contribution in [0.4, 0.5) is 4.39 Å². The molecule has 0 aliphatic carbocycles. The number of carbonyl (C=O) groups is 1. The summed E-state index contributed by atoms with van der Waals surface area (Å²) in [6.45, 7) is 0. The Morgan fingerprint density at radius 3 is 2.60 bits per heavy atom. The van der Waals surface area contributed by atoms with Gasteiger partial charge in [-0.3, -0.25) is 4.79 Å². The Morgan fingerprint density at radius 1 is 1.20 bits per heavy atom. The maximum absolute atomic E-state index is 13.5. The number of benzene rings is 1. The predicted molar refractivity (Wildman–Crippen MR) is 77.0 cm³/mol. The fraction of sp³-hybridized carbons (Fsp3) is 0.588. The van der Waals surface area contributed by atoms with Crippen molar-refractivity contribution in [3.63, 3.8) is 0 Å². The molecule has 2 aliphatic rings. The number of carbonyl (C=O) groups excluding carboxylic acids is 1. The average molecular weight is 275 g/mol. The molecule has 2 aliphatic heterocycles. The highest BCUT2D eigenvalue weighted by Gasteiger charge is 2.34. The number of piperidine rings is 2. The van der Waals surface area contributed by atoms with Crippen molar-refractivity contribution in [3.8, 4) is 0 Å². The normalized spacial score (nSPS) is 29.1. The molecule has 2 nitrogen and oxygen atoms in total. The molecule has 1 aromatic rings. The average Bonchev–Trinajstić information content (AvgIpc) is 2.45. The first-order valence-corrected chi connectivity index (χ1v) is 7.74. The van der Waals surface area contributed by atoms with Crippen molar-refractivity contribution >= 4 is 5.78 Å². The van der Waals surface area contributed by atoms with Gasteiger partial charge >= 0.3 is 0 Å². The van der Waals surface area contributed by atoms with Gasteiger partial charge in [-0.15, -0.1) is 0 Å². The lowest BCUT2D eigenvalue weighted by atomic mass is 9.77. The SMILES string of the molecule is O=C(CCc1ccccc1F)C1CC2CCCC(C1)N2. The lowest BCUT2D eigenvalue weighted by Gasteiger charge is -2.39. The van der Waals surface area contributed by atoms with E-state index in [1.807, 2.05) is 6.07 Å². The van der Waals surface area contributed by atoms with E-state index in [1.54, 1.807) is 12.1 Å². The van der Waals surface area contributed by atoms with Crippen molar-refractivity contribution in [1.82, 2.24) is 5.32 Å². The molecule has 2 heterocycles. The van der Waals surface area contributed by atoms with Gasteiger partial charge in [0.15, 0.2) is 0 Å². The maximum Gasteiger partial charge on any atom is 0.136 e. The predicted octanol–water partition coefficient (Wildman–Crippen LogP) is 3.25. The molecular formula is C17H22FNO. The van der Waals surface area contributed by atoms with E-state index in [0.717, 1.165) is 12.8 Å². The second-order valence-electron chi connectivity index (χ2n) is 6.22. The van der Waals surface area contributed by atoms with Crippen LogP contribution in [-0.4, -0.2) is 17.9 Å². The summed E-state index contributed by atoms with van der Waals surface area (Å²) in [6.07, 6.45) is 6.66. The molecule has 3 heteroatoms. The zero-order valence-corrected chi connectivity index (χ0v) is 11.8. The van der Waals surface area contributed by atoms with Crippen molar-refractivity contribution in [2.45, 2.75) is 57.0 Å². The van der Waals surface area contributed by atoms with Gasteiger partial charge in [0, 0.05) is 24.4 Å². The number of fused-ring (bicyclic) bond motifs is 2. The van der Waals surface area contributed by atoms with Crippen molar-refractivity contribution in [2.75, 3.05) is 0 Å². The zero-order valence-electron chi connectivity index (χ0n) is 11.8. The summed E-state index contributed by atoms with van der Waals surface area (Å²) >= 11 is 0. The Bertz CT molecular complexity index is 476. The van der Waals surface area contributed by atoms with Gasteiger partial charge in [-0.05, 0) is 43.7 Å². The Balaban J connectivity index is 1.56. The van der Waals surface area contributed by atoms with Crippen molar-refractivity contribution < 1.29 is 9.18 Å². The molecule has 2 bridgehead atoms. The molecule has 0 spiro atoms. The molecule has 0 radical (unpaired) electrons. The van der Waals surface area contributed by atoms with Gasteiger partial charge in [0.25, 0.3) is 0 Å². The minimum atomic E-state index is -0.192. The minimum Gasteiger partial charge on any atom is -0.311 e. The highest BCUT2D eigenvalue weighted by Crippen LogP contribution is 2.31. The molecule has 20 heavy (non-hydrogen) atoms. The van der Waals surface area contributed by atoms with Gasteiger partial charge in [0.2, 0.25) is 0 Å². The van der Waals surface area contributed by atoms with Crippen LogP contribution in [0.1, 0.15) is 44.1 Å². The van der Waals surface area contributed by atoms with E-state index >= 15 is 0 Å². The Labute approximate surface area is 119 Å². The smallest absolute Gasteiger partial charge is 0.136 e. The van der Waals surface area contributed by atoms with Crippen LogP contribution in [-0.2, 0) is 11.2 Å². The molecule has 0 amide bonds. The molecule has 0 aromatic heterocycles. The summed E-state index contributed by atoms with van der Waals surface area (Å²) in [7, 11) is 0. The number of ketones is 1. The third-order valence-corrected chi connectivity index (χ3v) is 4.77. The van der Waals surface area contributed by atoms with Crippen LogP contribution in [0.25, 0.3) is 0 Å². The van der Waals surface area contributed by atoms with Crippen LogP contribution >= 0.6 is 0 Å². The highest BCUT2D eigenvalue weighted by molar-refractivity contribution is 5.81. The molecule has 2 saturated heterocycles. The second-order valence-corrected chi connectivity index (χ2v) is 6.22. The number of rotatable bonds is 4. The van der Waals surface area contributed by atoms with E-state index in [-0.39, 0.29) is 11.7 Å². The number of aryl methyl sites for hydroxylation is 1. The lowest BCUT2D eigenvalue weighted by molar-refractivity contribution is -0.124. The van der Waals surface area contributed by atoms with Crippen LogP contribution in [0, 0.1) is 11.7 Å². The molecule has 0 saturated carbocycles. The largest absolute Gasteiger partial charge is 0.311 e. The van der Waals surface area contributed by atoms with E-state index in [9.17, 15) is 9.18 Å². The van der Waals surface area contributed by atoms with Crippen LogP contribution in [0.5, 0.6) is 0 Å². The van der Waals surface area contributed by atoms with Gasteiger partial charge in [-0.1, -0.05) is 24.6 Å². The van der Waals surface area contributed by atoms with Gasteiger partial charge < -0.3 is 5.32 Å². The first-order chi connectivity index (χ1) is 9.72. The summed E-state index contributed by atoms with van der Waals surface area (Å²) in [6, 6.07) is 7.83. The van der Waals surface area contributed by atoms with Crippen LogP contribution in [0.3, 0.4) is 0 Å². The lowest BCUT2D eigenvalue weighted by Crippen LogP contribution is -2.50. The summed E-state index contributed by atoms with van der Waals surface area (Å²) in [5.41, 5.74) is 0.662. The summed E-state index contributed by atoms with van der Waals surface area (Å²) in [4.78, 5) is 12.4. The summed E-state index contributed by atoms with van der Waals surface area (Å²) in [5.74, 6) is 0.326. The van der Waals surface area contributed by atoms with Gasteiger partial charge in [0.05, 0.1) is 0 Å². The standard InChI is InChI=1S/C17H22FNO/c18-16-7-2-1-4-12(16)8-9-17(20)13-10-14-5-3-6-15(11-13)19-14/h1-2,4,7,13-15,19H,3,5-6,8-11H2. The summed E-state index contributed by atoms with van der Waals surface area (Å²) < 4.78 is 13.5. The molecule has 2 unspecified atom stereocenters. The molecule has 108 valence electrons. The number of halogens is 1. The topological polar surface area (TPSA) is 29.1 Å². The van der Waals surface area contributed by atoms with Crippen LogP contribution < -0.4 is 5.32 Å². The van der Waals surface area contributed by atoms with Gasteiger partial charge in [0.1, 0.15) is 11.6 Å². The fourth-order valence-electron chi connectivity index (χ4n) is 3.69. The van der Waals surface area contributed by atoms with Gasteiger partial charge in [-0.2, -0.15) is 0 Å². The molecule has 2 fully saturated rings. The third-order valence-electron chi connectivity index (χ3n) is 4.77. The zero-order chi connectivity index (χ0) is 13.9. The Kier molecular flexibility index (Phi) is 4.16. The number of Topliss-reactive ketones (excluding diaryl/α,β-unsaturated/α-hetero) is 1. The molecular weight excluding hydrogens is 253 g/mol. The molecule has 3 rings (SSSR count).